The van der Waals surface area contributed by atoms with Gasteiger partial charge in [0.15, 0.2) is 11.6 Å². The Morgan fingerprint density at radius 1 is 1.05 bits per heavy atom. The van der Waals surface area contributed by atoms with Gasteiger partial charge in [-0.05, 0) is 30.3 Å². The largest absolute Gasteiger partial charge is 0.454 e. The summed E-state index contributed by atoms with van der Waals surface area (Å²) in [6.45, 7) is 4.82. The fourth-order valence-corrected chi connectivity index (χ4v) is 2.43. The first-order valence-corrected chi connectivity index (χ1v) is 8.19. The highest BCUT2D eigenvalue weighted by atomic mass is 79.9. The Balaban J connectivity index is 2.27. The average molecular weight is 417 g/mol. The van der Waals surface area contributed by atoms with Crippen LogP contribution < -0.4 is 10.1 Å². The number of halogens is 3. The molecule has 0 radical (unpaired) electrons. The standard InChI is InChI=1S/C16H16Br2FNO/c1-10(2)20-9-11-3-4-13(18)8-16(11)21-15-6-5-12(17)7-14(15)19/h3-8,10,20H,9H2,1-2H3. The molecule has 2 aromatic carbocycles. The molecule has 21 heavy (non-hydrogen) atoms. The Labute approximate surface area is 141 Å². The van der Waals surface area contributed by atoms with Gasteiger partial charge in [-0.2, -0.15) is 0 Å². The van der Waals surface area contributed by atoms with Gasteiger partial charge in [-0.15, -0.1) is 0 Å². The van der Waals surface area contributed by atoms with Crippen molar-refractivity contribution in [3.63, 3.8) is 0 Å². The lowest BCUT2D eigenvalue weighted by atomic mass is 10.2. The van der Waals surface area contributed by atoms with Crippen LogP contribution in [0.2, 0.25) is 0 Å². The molecule has 0 atom stereocenters. The molecule has 0 unspecified atom stereocenters. The van der Waals surface area contributed by atoms with Gasteiger partial charge in [0, 0.05) is 27.1 Å². The molecule has 2 nitrogen and oxygen atoms in total. The van der Waals surface area contributed by atoms with Crippen LogP contribution in [0.3, 0.4) is 0 Å². The second-order valence-corrected chi connectivity index (χ2v) is 6.80. The van der Waals surface area contributed by atoms with E-state index in [1.807, 2.05) is 18.2 Å². The van der Waals surface area contributed by atoms with Crippen molar-refractivity contribution in [2.75, 3.05) is 0 Å². The Hall–Kier alpha value is -0.910. The summed E-state index contributed by atoms with van der Waals surface area (Å²) in [5.41, 5.74) is 0.981. The molecule has 0 aromatic heterocycles. The molecule has 0 aliphatic carbocycles. The van der Waals surface area contributed by atoms with Gasteiger partial charge in [0.2, 0.25) is 0 Å². The average Bonchev–Trinajstić information content (AvgIpc) is 2.41. The van der Waals surface area contributed by atoms with Crippen molar-refractivity contribution >= 4 is 31.9 Å². The van der Waals surface area contributed by atoms with Gasteiger partial charge < -0.3 is 10.1 Å². The number of ether oxygens (including phenoxy) is 1. The SMILES string of the molecule is CC(C)NCc1ccc(Br)cc1Oc1ccc(Br)cc1F. The highest BCUT2D eigenvalue weighted by Gasteiger charge is 2.10. The van der Waals surface area contributed by atoms with Crippen LogP contribution in [-0.2, 0) is 6.54 Å². The molecule has 0 saturated carbocycles. The smallest absolute Gasteiger partial charge is 0.166 e. The number of benzene rings is 2. The minimum Gasteiger partial charge on any atom is -0.454 e. The van der Waals surface area contributed by atoms with Crippen molar-refractivity contribution in [1.29, 1.82) is 0 Å². The van der Waals surface area contributed by atoms with Crippen LogP contribution in [0.5, 0.6) is 11.5 Å². The van der Waals surface area contributed by atoms with Crippen molar-refractivity contribution in [3.05, 3.63) is 56.7 Å². The Kier molecular flexibility index (Phi) is 5.79. The lowest BCUT2D eigenvalue weighted by Gasteiger charge is -2.14. The molecular weight excluding hydrogens is 401 g/mol. The molecule has 112 valence electrons. The highest BCUT2D eigenvalue weighted by Crippen LogP contribution is 2.31. The predicted molar refractivity (Wildman–Crippen MR) is 90.3 cm³/mol. The van der Waals surface area contributed by atoms with Gasteiger partial charge in [-0.1, -0.05) is 51.8 Å². The van der Waals surface area contributed by atoms with E-state index in [0.29, 0.717) is 22.8 Å². The second-order valence-electron chi connectivity index (χ2n) is 4.96. The third-order valence-corrected chi connectivity index (χ3v) is 3.83. The first-order chi connectivity index (χ1) is 9.95. The summed E-state index contributed by atoms with van der Waals surface area (Å²) >= 11 is 6.65. The zero-order valence-corrected chi connectivity index (χ0v) is 15.0. The summed E-state index contributed by atoms with van der Waals surface area (Å²) in [4.78, 5) is 0. The van der Waals surface area contributed by atoms with Crippen molar-refractivity contribution in [2.24, 2.45) is 0 Å². The van der Waals surface area contributed by atoms with Gasteiger partial charge in [-0.3, -0.25) is 0 Å². The molecule has 0 fully saturated rings. The topological polar surface area (TPSA) is 21.3 Å². The zero-order valence-electron chi connectivity index (χ0n) is 11.8. The maximum absolute atomic E-state index is 13.9. The van der Waals surface area contributed by atoms with E-state index in [0.717, 1.165) is 10.0 Å². The summed E-state index contributed by atoms with van der Waals surface area (Å²) in [6, 6.07) is 10.9. The molecule has 0 aliphatic heterocycles. The minimum atomic E-state index is -0.396. The maximum Gasteiger partial charge on any atom is 0.166 e. The molecule has 5 heteroatoms. The van der Waals surface area contributed by atoms with Gasteiger partial charge >= 0.3 is 0 Å². The molecule has 2 aromatic rings. The van der Waals surface area contributed by atoms with Crippen molar-refractivity contribution in [1.82, 2.24) is 5.32 Å². The van der Waals surface area contributed by atoms with E-state index < -0.39 is 5.82 Å². The van der Waals surface area contributed by atoms with Crippen LogP contribution >= 0.6 is 31.9 Å². The van der Waals surface area contributed by atoms with E-state index in [1.54, 1.807) is 12.1 Å². The van der Waals surface area contributed by atoms with Gasteiger partial charge in [0.1, 0.15) is 5.75 Å². The van der Waals surface area contributed by atoms with E-state index >= 15 is 0 Å². The molecule has 0 heterocycles. The molecule has 2 rings (SSSR count). The monoisotopic (exact) mass is 415 g/mol. The highest BCUT2D eigenvalue weighted by molar-refractivity contribution is 9.10. The third kappa shape index (κ3) is 4.80. The van der Waals surface area contributed by atoms with Crippen LogP contribution in [0.1, 0.15) is 19.4 Å². The van der Waals surface area contributed by atoms with Crippen LogP contribution in [-0.4, -0.2) is 6.04 Å². The van der Waals surface area contributed by atoms with Crippen molar-refractivity contribution in [2.45, 2.75) is 26.4 Å². The van der Waals surface area contributed by atoms with Gasteiger partial charge in [-0.25, -0.2) is 4.39 Å². The summed E-state index contributed by atoms with van der Waals surface area (Å²) in [5, 5.41) is 3.33. The Bertz CT molecular complexity index is 632. The normalized spacial score (nSPS) is 11.0. The Morgan fingerprint density at radius 3 is 2.38 bits per heavy atom. The zero-order chi connectivity index (χ0) is 15.4. The molecule has 1 N–H and O–H groups in total. The summed E-state index contributed by atoms with van der Waals surface area (Å²) < 4.78 is 21.2. The predicted octanol–water partition coefficient (Wildman–Crippen LogP) is 5.64. The van der Waals surface area contributed by atoms with Crippen LogP contribution in [0.15, 0.2) is 45.3 Å². The maximum atomic E-state index is 13.9. The fourth-order valence-electron chi connectivity index (χ4n) is 1.76. The van der Waals surface area contributed by atoms with Gasteiger partial charge in [0.25, 0.3) is 0 Å². The van der Waals surface area contributed by atoms with E-state index in [4.69, 9.17) is 4.74 Å². The second kappa shape index (κ2) is 7.38. The third-order valence-electron chi connectivity index (χ3n) is 2.84. The van der Waals surface area contributed by atoms with E-state index in [9.17, 15) is 4.39 Å². The summed E-state index contributed by atoms with van der Waals surface area (Å²) in [5.74, 6) is 0.452. The molecule has 0 bridgehead atoms. The molecular formula is C16H16Br2FNO. The number of hydrogen-bond acceptors (Lipinski definition) is 2. The summed E-state index contributed by atoms with van der Waals surface area (Å²) in [6.07, 6.45) is 0. The van der Waals surface area contributed by atoms with E-state index in [1.165, 1.54) is 6.07 Å². The van der Waals surface area contributed by atoms with E-state index in [-0.39, 0.29) is 5.75 Å². The number of hydrogen-bond donors (Lipinski definition) is 1. The minimum absolute atomic E-state index is 0.210. The molecule has 0 aliphatic rings. The number of rotatable bonds is 5. The lowest BCUT2D eigenvalue weighted by Crippen LogP contribution is -2.22. The van der Waals surface area contributed by atoms with Gasteiger partial charge in [0.05, 0.1) is 0 Å². The Morgan fingerprint density at radius 2 is 1.71 bits per heavy atom. The van der Waals surface area contributed by atoms with Crippen molar-refractivity contribution < 1.29 is 9.13 Å². The van der Waals surface area contributed by atoms with E-state index in [2.05, 4.69) is 51.0 Å². The quantitative estimate of drug-likeness (QED) is 0.680. The van der Waals surface area contributed by atoms with Crippen molar-refractivity contribution in [3.8, 4) is 11.5 Å². The molecule has 0 spiro atoms. The molecule has 0 saturated heterocycles. The van der Waals surface area contributed by atoms with Crippen LogP contribution in [0, 0.1) is 5.82 Å². The first-order valence-electron chi connectivity index (χ1n) is 6.60. The summed E-state index contributed by atoms with van der Waals surface area (Å²) in [7, 11) is 0. The van der Waals surface area contributed by atoms with Crippen LogP contribution in [0.4, 0.5) is 4.39 Å². The fraction of sp³-hybridized carbons (Fsp3) is 0.250. The number of nitrogens with one attached hydrogen (secondary N) is 1. The first kappa shape index (κ1) is 16.5. The van der Waals surface area contributed by atoms with Crippen LogP contribution in [0.25, 0.3) is 0 Å². The molecule has 0 amide bonds. The lowest BCUT2D eigenvalue weighted by molar-refractivity contribution is 0.433.